The maximum atomic E-state index is 12.5. The van der Waals surface area contributed by atoms with Crippen molar-refractivity contribution in [3.05, 3.63) is 35.4 Å². The molecule has 2 nitrogen and oxygen atoms in total. The maximum Gasteiger partial charge on any atom is 0.416 e. The largest absolute Gasteiger partial charge is 0.416 e. The molecule has 0 saturated carbocycles. The summed E-state index contributed by atoms with van der Waals surface area (Å²) in [5.41, 5.74) is 0.332. The molecule has 0 spiro atoms. The van der Waals surface area contributed by atoms with Gasteiger partial charge in [0.25, 0.3) is 0 Å². The van der Waals surface area contributed by atoms with E-state index in [1.807, 2.05) is 0 Å². The Morgan fingerprint density at radius 3 is 2.55 bits per heavy atom. The number of hydrogen-bond donors (Lipinski definition) is 1. The number of fused-ring (bicyclic) bond motifs is 1. The van der Waals surface area contributed by atoms with Crippen LogP contribution in [0, 0.1) is 0 Å². The minimum absolute atomic E-state index is 0.486. The first-order chi connectivity index (χ1) is 9.54. The van der Waals surface area contributed by atoms with Crippen LogP contribution >= 0.6 is 0 Å². The first-order valence-electron chi connectivity index (χ1n) is 7.17. The number of alkyl halides is 3. The van der Waals surface area contributed by atoms with Crippen molar-refractivity contribution in [2.24, 2.45) is 0 Å². The summed E-state index contributed by atoms with van der Waals surface area (Å²) in [5, 5.41) is 3.50. The Balaban J connectivity index is 1.56. The molecule has 2 saturated heterocycles. The molecular weight excluding hydrogens is 265 g/mol. The molecule has 2 aliphatic heterocycles. The van der Waals surface area contributed by atoms with E-state index < -0.39 is 11.7 Å². The van der Waals surface area contributed by atoms with Crippen molar-refractivity contribution in [2.45, 2.75) is 44.1 Å². The number of benzene rings is 1. The van der Waals surface area contributed by atoms with Crippen LogP contribution < -0.4 is 5.32 Å². The van der Waals surface area contributed by atoms with E-state index in [-0.39, 0.29) is 0 Å². The molecule has 110 valence electrons. The lowest BCUT2D eigenvalue weighted by molar-refractivity contribution is -0.137. The molecule has 2 aliphatic rings. The molecule has 0 aliphatic carbocycles. The van der Waals surface area contributed by atoms with Gasteiger partial charge in [-0.3, -0.25) is 4.90 Å². The second-order valence-corrected chi connectivity index (χ2v) is 5.72. The molecule has 0 aromatic heterocycles. The van der Waals surface area contributed by atoms with Crippen molar-refractivity contribution in [1.82, 2.24) is 10.2 Å². The molecule has 2 heterocycles. The normalized spacial score (nSPS) is 26.9. The third-order valence-corrected chi connectivity index (χ3v) is 4.46. The van der Waals surface area contributed by atoms with Gasteiger partial charge in [-0.15, -0.1) is 0 Å². The lowest BCUT2D eigenvalue weighted by Gasteiger charge is -2.21. The van der Waals surface area contributed by atoms with Crippen LogP contribution in [0.3, 0.4) is 0 Å². The molecule has 0 bridgehead atoms. The highest BCUT2D eigenvalue weighted by Gasteiger charge is 2.36. The zero-order valence-electron chi connectivity index (χ0n) is 11.3. The summed E-state index contributed by atoms with van der Waals surface area (Å²) >= 11 is 0. The summed E-state index contributed by atoms with van der Waals surface area (Å²) < 4.78 is 37.4. The Morgan fingerprint density at radius 2 is 1.85 bits per heavy atom. The van der Waals surface area contributed by atoms with Gasteiger partial charge in [0.15, 0.2) is 0 Å². The standard InChI is InChI=1S/C15H19F3N2/c16-15(17,18)12-5-3-11(4-6-12)10-19-13-7-9-20-8-1-2-14(13)20/h3-6,13-14,19H,1-2,7-10H2. The summed E-state index contributed by atoms with van der Waals surface area (Å²) in [5.74, 6) is 0. The first-order valence-corrected chi connectivity index (χ1v) is 7.17. The maximum absolute atomic E-state index is 12.5. The van der Waals surface area contributed by atoms with Crippen molar-refractivity contribution in [1.29, 1.82) is 0 Å². The fourth-order valence-electron chi connectivity index (χ4n) is 3.38. The van der Waals surface area contributed by atoms with Gasteiger partial charge in [0, 0.05) is 25.2 Å². The van der Waals surface area contributed by atoms with Crippen molar-refractivity contribution in [2.75, 3.05) is 13.1 Å². The number of nitrogens with one attached hydrogen (secondary N) is 1. The number of rotatable bonds is 3. The summed E-state index contributed by atoms with van der Waals surface area (Å²) in [6, 6.07) is 6.57. The second kappa shape index (κ2) is 5.37. The predicted octanol–water partition coefficient (Wildman–Crippen LogP) is 3.03. The number of halogens is 3. The van der Waals surface area contributed by atoms with Gasteiger partial charge < -0.3 is 5.32 Å². The topological polar surface area (TPSA) is 15.3 Å². The van der Waals surface area contributed by atoms with Crippen LogP contribution in [-0.2, 0) is 12.7 Å². The van der Waals surface area contributed by atoms with Gasteiger partial charge in [0.05, 0.1) is 5.56 Å². The van der Waals surface area contributed by atoms with E-state index in [1.54, 1.807) is 12.1 Å². The molecule has 20 heavy (non-hydrogen) atoms. The Kier molecular flexibility index (Phi) is 3.73. The van der Waals surface area contributed by atoms with Crippen LogP contribution in [0.1, 0.15) is 30.4 Å². The molecule has 2 unspecified atom stereocenters. The van der Waals surface area contributed by atoms with Gasteiger partial charge in [0.2, 0.25) is 0 Å². The molecular formula is C15H19F3N2. The van der Waals surface area contributed by atoms with Crippen molar-refractivity contribution >= 4 is 0 Å². The summed E-state index contributed by atoms with van der Waals surface area (Å²) in [7, 11) is 0. The average Bonchev–Trinajstić information content (AvgIpc) is 2.99. The lowest BCUT2D eigenvalue weighted by atomic mass is 10.1. The van der Waals surface area contributed by atoms with Gasteiger partial charge in [0.1, 0.15) is 0 Å². The Hall–Kier alpha value is -1.07. The predicted molar refractivity (Wildman–Crippen MR) is 71.3 cm³/mol. The van der Waals surface area contributed by atoms with Crippen LogP contribution in [0.25, 0.3) is 0 Å². The third kappa shape index (κ3) is 2.83. The zero-order valence-corrected chi connectivity index (χ0v) is 11.3. The van der Waals surface area contributed by atoms with Gasteiger partial charge in [-0.05, 0) is 43.5 Å². The molecule has 2 atom stereocenters. The first kappa shape index (κ1) is 13.9. The van der Waals surface area contributed by atoms with E-state index in [0.717, 1.165) is 30.7 Å². The van der Waals surface area contributed by atoms with Crippen molar-refractivity contribution in [3.8, 4) is 0 Å². The monoisotopic (exact) mass is 284 g/mol. The lowest BCUT2D eigenvalue weighted by Crippen LogP contribution is -2.38. The van der Waals surface area contributed by atoms with E-state index >= 15 is 0 Å². The number of hydrogen-bond acceptors (Lipinski definition) is 2. The van der Waals surface area contributed by atoms with E-state index in [9.17, 15) is 13.2 Å². The van der Waals surface area contributed by atoms with E-state index in [4.69, 9.17) is 0 Å². The van der Waals surface area contributed by atoms with Crippen molar-refractivity contribution < 1.29 is 13.2 Å². The van der Waals surface area contributed by atoms with Crippen LogP contribution in [0.4, 0.5) is 13.2 Å². The highest BCUT2D eigenvalue weighted by molar-refractivity contribution is 5.24. The molecule has 3 rings (SSSR count). The molecule has 1 aromatic rings. The summed E-state index contributed by atoms with van der Waals surface area (Å²) in [6.07, 6.45) is -0.596. The van der Waals surface area contributed by atoms with Crippen LogP contribution in [0.2, 0.25) is 0 Å². The second-order valence-electron chi connectivity index (χ2n) is 5.72. The molecule has 0 amide bonds. The van der Waals surface area contributed by atoms with Gasteiger partial charge in [-0.1, -0.05) is 12.1 Å². The zero-order chi connectivity index (χ0) is 14.2. The average molecular weight is 284 g/mol. The van der Waals surface area contributed by atoms with Crippen LogP contribution in [0.15, 0.2) is 24.3 Å². The quantitative estimate of drug-likeness (QED) is 0.918. The van der Waals surface area contributed by atoms with Crippen LogP contribution in [-0.4, -0.2) is 30.1 Å². The molecule has 5 heteroatoms. The molecule has 1 aromatic carbocycles. The van der Waals surface area contributed by atoms with Gasteiger partial charge in [-0.2, -0.15) is 13.2 Å². The van der Waals surface area contributed by atoms with Gasteiger partial charge >= 0.3 is 6.18 Å². The minimum Gasteiger partial charge on any atom is -0.308 e. The minimum atomic E-state index is -4.25. The van der Waals surface area contributed by atoms with Gasteiger partial charge in [-0.25, -0.2) is 0 Å². The smallest absolute Gasteiger partial charge is 0.308 e. The van der Waals surface area contributed by atoms with E-state index in [2.05, 4.69) is 10.2 Å². The number of nitrogens with zero attached hydrogens (tertiary/aromatic N) is 1. The van der Waals surface area contributed by atoms with E-state index in [1.165, 1.54) is 19.4 Å². The SMILES string of the molecule is FC(F)(F)c1ccc(CNC2CCN3CCCC23)cc1. The molecule has 1 N–H and O–H groups in total. The molecule has 2 fully saturated rings. The fraction of sp³-hybridized carbons (Fsp3) is 0.600. The van der Waals surface area contributed by atoms with Crippen LogP contribution in [0.5, 0.6) is 0 Å². The van der Waals surface area contributed by atoms with E-state index in [0.29, 0.717) is 18.6 Å². The van der Waals surface area contributed by atoms with Crippen molar-refractivity contribution in [3.63, 3.8) is 0 Å². The Labute approximate surface area is 117 Å². The summed E-state index contributed by atoms with van der Waals surface area (Å²) in [6.45, 7) is 2.99. The molecule has 0 radical (unpaired) electrons. The fourth-order valence-corrected chi connectivity index (χ4v) is 3.38. The Bertz CT molecular complexity index is 455. The highest BCUT2D eigenvalue weighted by Crippen LogP contribution is 2.30. The Morgan fingerprint density at radius 1 is 1.10 bits per heavy atom. The summed E-state index contributed by atoms with van der Waals surface area (Å²) in [4.78, 5) is 2.52. The highest BCUT2D eigenvalue weighted by atomic mass is 19.4. The third-order valence-electron chi connectivity index (χ3n) is 4.46.